The monoisotopic (exact) mass is 255 g/mol. The van der Waals surface area contributed by atoms with Gasteiger partial charge in [-0.25, -0.2) is 0 Å². The molecule has 0 spiro atoms. The smallest absolute Gasteiger partial charge is 0.306 e. The topological polar surface area (TPSA) is 73.6 Å². The zero-order valence-corrected chi connectivity index (χ0v) is 11.3. The van der Waals surface area contributed by atoms with Gasteiger partial charge in [-0.05, 0) is 6.54 Å². The number of likely N-dealkylation sites (N-methyl/N-ethyl adjacent to an activating group) is 2. The van der Waals surface area contributed by atoms with Crippen molar-refractivity contribution in [3.05, 3.63) is 0 Å². The lowest BCUT2D eigenvalue weighted by molar-refractivity contribution is -0.141. The van der Waals surface area contributed by atoms with Crippen molar-refractivity contribution in [2.75, 3.05) is 40.3 Å². The van der Waals surface area contributed by atoms with Crippen LogP contribution in [0.3, 0.4) is 0 Å². The fraction of sp³-hybridized carbons (Fsp3) is 0.750. The van der Waals surface area contributed by atoms with E-state index >= 15 is 0 Å². The van der Waals surface area contributed by atoms with E-state index in [1.807, 2.05) is 17.9 Å². The van der Waals surface area contributed by atoms with Crippen molar-refractivity contribution in [1.82, 2.24) is 9.80 Å². The molecule has 0 aromatic rings. The maximum absolute atomic E-state index is 11.8. The van der Waals surface area contributed by atoms with Crippen LogP contribution in [0.4, 0.5) is 0 Å². The standard InChI is InChI=1S/C12H21N3O3/c1-4-15(9-6-12(17)18-3)10-11(16)14(2)8-5-7-13/h4-6,8-10H2,1-3H3. The largest absolute Gasteiger partial charge is 0.469 e. The van der Waals surface area contributed by atoms with Gasteiger partial charge in [-0.2, -0.15) is 5.26 Å². The number of nitrogens with zero attached hydrogens (tertiary/aromatic N) is 3. The Morgan fingerprint density at radius 1 is 1.33 bits per heavy atom. The molecule has 0 aliphatic carbocycles. The number of carbonyl (C=O) groups excluding carboxylic acids is 2. The lowest BCUT2D eigenvalue weighted by atomic mass is 10.3. The molecule has 1 amide bonds. The average Bonchev–Trinajstić information content (AvgIpc) is 2.39. The molecule has 18 heavy (non-hydrogen) atoms. The molecule has 0 N–H and O–H groups in total. The highest BCUT2D eigenvalue weighted by Gasteiger charge is 2.14. The molecular weight excluding hydrogens is 234 g/mol. The SMILES string of the molecule is CCN(CCC(=O)OC)CC(=O)N(C)CCC#N. The summed E-state index contributed by atoms with van der Waals surface area (Å²) in [5, 5.41) is 8.45. The fourth-order valence-electron chi connectivity index (χ4n) is 1.35. The second-order valence-electron chi connectivity index (χ2n) is 3.92. The van der Waals surface area contributed by atoms with E-state index in [2.05, 4.69) is 4.74 Å². The van der Waals surface area contributed by atoms with Gasteiger partial charge < -0.3 is 9.64 Å². The van der Waals surface area contributed by atoms with Crippen LogP contribution in [-0.2, 0) is 14.3 Å². The van der Waals surface area contributed by atoms with Crippen LogP contribution in [0.1, 0.15) is 19.8 Å². The van der Waals surface area contributed by atoms with Crippen LogP contribution in [0, 0.1) is 11.3 Å². The average molecular weight is 255 g/mol. The van der Waals surface area contributed by atoms with Gasteiger partial charge in [-0.15, -0.1) is 0 Å². The Morgan fingerprint density at radius 3 is 2.50 bits per heavy atom. The fourth-order valence-corrected chi connectivity index (χ4v) is 1.35. The highest BCUT2D eigenvalue weighted by atomic mass is 16.5. The molecule has 0 aliphatic heterocycles. The van der Waals surface area contributed by atoms with E-state index in [1.165, 1.54) is 12.0 Å². The molecule has 0 rings (SSSR count). The lowest BCUT2D eigenvalue weighted by Crippen LogP contribution is -2.39. The van der Waals surface area contributed by atoms with E-state index in [-0.39, 0.29) is 24.8 Å². The number of hydrogen-bond acceptors (Lipinski definition) is 5. The molecule has 0 aromatic heterocycles. The van der Waals surface area contributed by atoms with Crippen LogP contribution in [0.25, 0.3) is 0 Å². The minimum absolute atomic E-state index is 0.0445. The minimum Gasteiger partial charge on any atom is -0.469 e. The van der Waals surface area contributed by atoms with Crippen molar-refractivity contribution in [3.8, 4) is 6.07 Å². The molecule has 0 aliphatic rings. The van der Waals surface area contributed by atoms with Gasteiger partial charge in [0, 0.05) is 20.1 Å². The summed E-state index contributed by atoms with van der Waals surface area (Å²) in [6.07, 6.45) is 0.607. The van der Waals surface area contributed by atoms with Crippen LogP contribution in [-0.4, -0.2) is 62.0 Å². The van der Waals surface area contributed by atoms with Crippen molar-refractivity contribution < 1.29 is 14.3 Å². The highest BCUT2D eigenvalue weighted by molar-refractivity contribution is 5.78. The predicted molar refractivity (Wildman–Crippen MR) is 66.6 cm³/mol. The molecule has 102 valence electrons. The zero-order valence-electron chi connectivity index (χ0n) is 11.3. The van der Waals surface area contributed by atoms with Gasteiger partial charge in [0.25, 0.3) is 0 Å². The number of hydrogen-bond donors (Lipinski definition) is 0. The summed E-state index contributed by atoms with van der Waals surface area (Å²) in [6.45, 7) is 3.81. The van der Waals surface area contributed by atoms with Gasteiger partial charge in [-0.1, -0.05) is 6.92 Å². The number of rotatable bonds is 8. The number of esters is 1. The van der Waals surface area contributed by atoms with E-state index in [0.717, 1.165) is 0 Å². The third kappa shape index (κ3) is 6.86. The second-order valence-corrected chi connectivity index (χ2v) is 3.92. The first kappa shape index (κ1) is 16.4. The van der Waals surface area contributed by atoms with Gasteiger partial charge in [0.15, 0.2) is 0 Å². The van der Waals surface area contributed by atoms with E-state index in [0.29, 0.717) is 26.1 Å². The molecule has 0 radical (unpaired) electrons. The Hall–Kier alpha value is -1.61. The van der Waals surface area contributed by atoms with E-state index in [9.17, 15) is 9.59 Å². The quantitative estimate of drug-likeness (QED) is 0.581. The molecule has 0 fully saturated rings. The first-order valence-corrected chi connectivity index (χ1v) is 5.95. The molecule has 6 heteroatoms. The van der Waals surface area contributed by atoms with Gasteiger partial charge in [-0.3, -0.25) is 14.5 Å². The van der Waals surface area contributed by atoms with Crippen molar-refractivity contribution in [2.45, 2.75) is 19.8 Å². The highest BCUT2D eigenvalue weighted by Crippen LogP contribution is 1.96. The second kappa shape index (κ2) is 9.42. The summed E-state index contributed by atoms with van der Waals surface area (Å²) in [6, 6.07) is 2.00. The van der Waals surface area contributed by atoms with Crippen LogP contribution in [0.15, 0.2) is 0 Å². The number of ether oxygens (including phenoxy) is 1. The summed E-state index contributed by atoms with van der Waals surface area (Å²) >= 11 is 0. The van der Waals surface area contributed by atoms with Gasteiger partial charge in [0.05, 0.1) is 32.6 Å². The molecule has 0 unspecified atom stereocenters. The van der Waals surface area contributed by atoms with E-state index in [4.69, 9.17) is 5.26 Å². The number of amides is 1. The molecule has 6 nitrogen and oxygen atoms in total. The zero-order chi connectivity index (χ0) is 14.0. The summed E-state index contributed by atoms with van der Waals surface area (Å²) < 4.78 is 4.55. The van der Waals surface area contributed by atoms with Crippen molar-refractivity contribution in [2.24, 2.45) is 0 Å². The number of methoxy groups -OCH3 is 1. The van der Waals surface area contributed by atoms with E-state index < -0.39 is 0 Å². The molecule has 0 saturated carbocycles. The Labute approximate surface area is 108 Å². The Balaban J connectivity index is 4.07. The van der Waals surface area contributed by atoms with Gasteiger partial charge in [0.2, 0.25) is 5.91 Å². The van der Waals surface area contributed by atoms with E-state index in [1.54, 1.807) is 7.05 Å². The third-order valence-electron chi connectivity index (χ3n) is 2.65. The number of nitriles is 1. The van der Waals surface area contributed by atoms with Gasteiger partial charge >= 0.3 is 5.97 Å². The van der Waals surface area contributed by atoms with Crippen LogP contribution in [0.2, 0.25) is 0 Å². The lowest BCUT2D eigenvalue weighted by Gasteiger charge is -2.23. The van der Waals surface area contributed by atoms with Gasteiger partial charge in [0.1, 0.15) is 0 Å². The van der Waals surface area contributed by atoms with Crippen molar-refractivity contribution in [3.63, 3.8) is 0 Å². The summed E-state index contributed by atoms with van der Waals surface area (Å²) in [5.41, 5.74) is 0. The predicted octanol–water partition coefficient (Wildman–Crippen LogP) is 0.243. The first-order valence-electron chi connectivity index (χ1n) is 5.95. The summed E-state index contributed by atoms with van der Waals surface area (Å²) in [4.78, 5) is 26.2. The Kier molecular flexibility index (Phi) is 8.58. The maximum Gasteiger partial charge on any atom is 0.306 e. The minimum atomic E-state index is -0.279. The Morgan fingerprint density at radius 2 is 2.00 bits per heavy atom. The molecule has 0 bridgehead atoms. The normalized spacial score (nSPS) is 9.94. The van der Waals surface area contributed by atoms with Crippen LogP contribution in [0.5, 0.6) is 0 Å². The number of carbonyl (C=O) groups is 2. The molecule has 0 heterocycles. The molecular formula is C12H21N3O3. The summed E-state index contributed by atoms with van der Waals surface area (Å²) in [7, 11) is 3.02. The first-order chi connectivity index (χ1) is 8.54. The van der Waals surface area contributed by atoms with Crippen molar-refractivity contribution in [1.29, 1.82) is 5.26 Å². The van der Waals surface area contributed by atoms with Crippen LogP contribution >= 0.6 is 0 Å². The third-order valence-corrected chi connectivity index (χ3v) is 2.65. The molecule has 0 atom stereocenters. The molecule has 0 saturated heterocycles. The maximum atomic E-state index is 11.8. The molecule has 0 aromatic carbocycles. The van der Waals surface area contributed by atoms with Crippen molar-refractivity contribution >= 4 is 11.9 Å². The summed E-state index contributed by atoms with van der Waals surface area (Å²) in [5.74, 6) is -0.323. The van der Waals surface area contributed by atoms with Crippen LogP contribution < -0.4 is 0 Å². The Bertz CT molecular complexity index is 312.